The molecule has 19 heavy (non-hydrogen) atoms. The summed E-state index contributed by atoms with van der Waals surface area (Å²) in [6, 6.07) is 9.21. The first-order valence-corrected chi connectivity index (χ1v) is 7.94. The van der Waals surface area contributed by atoms with Gasteiger partial charge in [0.1, 0.15) is 0 Å². The highest BCUT2D eigenvalue weighted by Gasteiger charge is 2.17. The molecule has 2 unspecified atom stereocenters. The van der Waals surface area contributed by atoms with Crippen LogP contribution in [0.1, 0.15) is 65.0 Å². The zero-order chi connectivity index (χ0) is 14.3. The Morgan fingerprint density at radius 2 is 1.68 bits per heavy atom. The van der Waals surface area contributed by atoms with Gasteiger partial charge >= 0.3 is 0 Å². The quantitative estimate of drug-likeness (QED) is 0.612. The smallest absolute Gasteiger partial charge is 0.0406 e. The number of hydrogen-bond donors (Lipinski definition) is 1. The van der Waals surface area contributed by atoms with Crippen LogP contribution in [0.15, 0.2) is 24.3 Å². The molecule has 0 aliphatic carbocycles. The van der Waals surface area contributed by atoms with E-state index in [1.807, 2.05) is 12.1 Å². The van der Waals surface area contributed by atoms with Gasteiger partial charge in [-0.05, 0) is 37.0 Å². The Balaban J connectivity index is 2.60. The SMILES string of the molecule is CCCCCC(C)NC(c1ccc(Cl)cc1)C(C)C. The van der Waals surface area contributed by atoms with Gasteiger partial charge in [0.05, 0.1) is 0 Å². The minimum Gasteiger partial charge on any atom is -0.307 e. The molecule has 0 aliphatic rings. The molecule has 2 atom stereocenters. The van der Waals surface area contributed by atoms with E-state index < -0.39 is 0 Å². The molecule has 1 aromatic rings. The molecule has 0 radical (unpaired) electrons. The lowest BCUT2D eigenvalue weighted by Gasteiger charge is -2.27. The van der Waals surface area contributed by atoms with E-state index in [0.29, 0.717) is 18.0 Å². The zero-order valence-corrected chi connectivity index (χ0v) is 13.5. The van der Waals surface area contributed by atoms with E-state index in [1.54, 1.807) is 0 Å². The van der Waals surface area contributed by atoms with Gasteiger partial charge in [0.25, 0.3) is 0 Å². The molecule has 0 fully saturated rings. The summed E-state index contributed by atoms with van der Waals surface area (Å²) < 4.78 is 0. The topological polar surface area (TPSA) is 12.0 Å². The number of rotatable bonds is 8. The second-order valence-corrected chi connectivity index (χ2v) is 6.27. The maximum atomic E-state index is 5.97. The van der Waals surface area contributed by atoms with Crippen LogP contribution >= 0.6 is 11.6 Å². The van der Waals surface area contributed by atoms with E-state index in [9.17, 15) is 0 Å². The standard InChI is InChI=1S/C17H28ClN/c1-5-6-7-8-14(4)19-17(13(2)3)15-9-11-16(18)12-10-15/h9-14,17,19H,5-8H2,1-4H3. The number of benzene rings is 1. The molecule has 1 nitrogen and oxygen atoms in total. The number of unbranched alkanes of at least 4 members (excludes halogenated alkanes) is 2. The molecule has 0 aliphatic heterocycles. The summed E-state index contributed by atoms with van der Waals surface area (Å²) in [5.74, 6) is 0.579. The molecule has 0 saturated carbocycles. The van der Waals surface area contributed by atoms with Crippen LogP contribution in [0.3, 0.4) is 0 Å². The highest BCUT2D eigenvalue weighted by atomic mass is 35.5. The van der Waals surface area contributed by atoms with Crippen molar-refractivity contribution in [3.05, 3.63) is 34.9 Å². The zero-order valence-electron chi connectivity index (χ0n) is 12.7. The molecule has 0 aromatic heterocycles. The Morgan fingerprint density at radius 1 is 1.05 bits per heavy atom. The molecule has 108 valence electrons. The third-order valence-electron chi connectivity index (χ3n) is 3.60. The van der Waals surface area contributed by atoms with Gasteiger partial charge in [0.15, 0.2) is 0 Å². The van der Waals surface area contributed by atoms with Crippen molar-refractivity contribution in [2.75, 3.05) is 0 Å². The molecular weight excluding hydrogens is 254 g/mol. The first kappa shape index (κ1) is 16.5. The van der Waals surface area contributed by atoms with E-state index in [0.717, 1.165) is 5.02 Å². The fourth-order valence-corrected chi connectivity index (χ4v) is 2.56. The second-order valence-electron chi connectivity index (χ2n) is 5.84. The first-order valence-electron chi connectivity index (χ1n) is 7.56. The summed E-state index contributed by atoms with van der Waals surface area (Å²) >= 11 is 5.97. The molecule has 0 spiro atoms. The minimum atomic E-state index is 0.411. The predicted molar refractivity (Wildman–Crippen MR) is 85.8 cm³/mol. The van der Waals surface area contributed by atoms with Gasteiger partial charge in [-0.1, -0.05) is 63.8 Å². The van der Waals surface area contributed by atoms with Crippen molar-refractivity contribution >= 4 is 11.6 Å². The molecular formula is C17H28ClN. The highest BCUT2D eigenvalue weighted by Crippen LogP contribution is 2.24. The van der Waals surface area contributed by atoms with Gasteiger partial charge in [-0.15, -0.1) is 0 Å². The summed E-state index contributed by atoms with van der Waals surface area (Å²) in [6.07, 6.45) is 5.19. The maximum absolute atomic E-state index is 5.97. The van der Waals surface area contributed by atoms with Crippen molar-refractivity contribution < 1.29 is 0 Å². The van der Waals surface area contributed by atoms with E-state index >= 15 is 0 Å². The van der Waals surface area contributed by atoms with E-state index in [-0.39, 0.29) is 0 Å². The minimum absolute atomic E-state index is 0.411. The van der Waals surface area contributed by atoms with Crippen molar-refractivity contribution in [3.63, 3.8) is 0 Å². The molecule has 0 heterocycles. The van der Waals surface area contributed by atoms with Crippen LogP contribution in [0.25, 0.3) is 0 Å². The van der Waals surface area contributed by atoms with Crippen molar-refractivity contribution in [3.8, 4) is 0 Å². The monoisotopic (exact) mass is 281 g/mol. The Hall–Kier alpha value is -0.530. The van der Waals surface area contributed by atoms with E-state index in [2.05, 4.69) is 45.1 Å². The lowest BCUT2D eigenvalue weighted by atomic mass is 9.94. The predicted octanol–water partition coefficient (Wildman–Crippen LogP) is 5.60. The van der Waals surface area contributed by atoms with Crippen LogP contribution in [0.5, 0.6) is 0 Å². The molecule has 1 aromatic carbocycles. The summed E-state index contributed by atoms with van der Waals surface area (Å²) in [4.78, 5) is 0. The summed E-state index contributed by atoms with van der Waals surface area (Å²) in [5, 5.41) is 4.58. The Kier molecular flexibility index (Phi) is 7.48. The summed E-state index contributed by atoms with van der Waals surface area (Å²) in [6.45, 7) is 9.08. The van der Waals surface area contributed by atoms with Gasteiger partial charge in [-0.2, -0.15) is 0 Å². The fourth-order valence-electron chi connectivity index (χ4n) is 2.43. The number of nitrogens with one attached hydrogen (secondary N) is 1. The van der Waals surface area contributed by atoms with Gasteiger partial charge in [-0.3, -0.25) is 0 Å². The Bertz CT molecular complexity index is 345. The van der Waals surface area contributed by atoms with Crippen LogP contribution in [-0.4, -0.2) is 6.04 Å². The molecule has 0 saturated heterocycles. The van der Waals surface area contributed by atoms with Crippen LogP contribution < -0.4 is 5.32 Å². The van der Waals surface area contributed by atoms with E-state index in [1.165, 1.54) is 31.2 Å². The van der Waals surface area contributed by atoms with Gasteiger partial charge in [0.2, 0.25) is 0 Å². The molecule has 2 heteroatoms. The largest absolute Gasteiger partial charge is 0.307 e. The van der Waals surface area contributed by atoms with Crippen LogP contribution in [0.2, 0.25) is 5.02 Å². The average molecular weight is 282 g/mol. The van der Waals surface area contributed by atoms with Gasteiger partial charge in [0, 0.05) is 17.1 Å². The van der Waals surface area contributed by atoms with Crippen LogP contribution in [0, 0.1) is 5.92 Å². The first-order chi connectivity index (χ1) is 9.04. The number of halogens is 1. The van der Waals surface area contributed by atoms with Crippen molar-refractivity contribution in [1.29, 1.82) is 0 Å². The van der Waals surface area contributed by atoms with Crippen molar-refractivity contribution in [1.82, 2.24) is 5.32 Å². The van der Waals surface area contributed by atoms with Gasteiger partial charge in [-0.25, -0.2) is 0 Å². The molecule has 1 rings (SSSR count). The Labute approximate surface area is 123 Å². The normalized spacial score (nSPS) is 14.6. The van der Waals surface area contributed by atoms with Crippen LogP contribution in [-0.2, 0) is 0 Å². The Morgan fingerprint density at radius 3 is 2.21 bits per heavy atom. The lowest BCUT2D eigenvalue weighted by Crippen LogP contribution is -2.33. The second kappa shape index (κ2) is 8.60. The van der Waals surface area contributed by atoms with Crippen LogP contribution in [0.4, 0.5) is 0 Å². The molecule has 0 amide bonds. The maximum Gasteiger partial charge on any atom is 0.0406 e. The fraction of sp³-hybridized carbons (Fsp3) is 0.647. The van der Waals surface area contributed by atoms with Gasteiger partial charge < -0.3 is 5.32 Å². The van der Waals surface area contributed by atoms with Crippen molar-refractivity contribution in [2.45, 2.75) is 65.5 Å². The molecule has 1 N–H and O–H groups in total. The number of hydrogen-bond acceptors (Lipinski definition) is 1. The van der Waals surface area contributed by atoms with E-state index in [4.69, 9.17) is 11.6 Å². The third kappa shape index (κ3) is 5.97. The average Bonchev–Trinajstić information content (AvgIpc) is 2.37. The van der Waals surface area contributed by atoms with Crippen molar-refractivity contribution in [2.24, 2.45) is 5.92 Å². The highest BCUT2D eigenvalue weighted by molar-refractivity contribution is 6.30. The summed E-state index contributed by atoms with van der Waals surface area (Å²) in [7, 11) is 0. The lowest BCUT2D eigenvalue weighted by molar-refractivity contribution is 0.354. The summed E-state index contributed by atoms with van der Waals surface area (Å²) in [5.41, 5.74) is 1.33. The third-order valence-corrected chi connectivity index (χ3v) is 3.85. The molecule has 0 bridgehead atoms.